The SMILES string of the molecule is CC1CCC(c2ccc(F)cc2C(F)(F)F)=N1.CC1CCC(c2ccc(F)cc2C(F)(F)F)N1.CO.[B].[H-].[Na+]. The van der Waals surface area contributed by atoms with Crippen LogP contribution in [0.3, 0.4) is 0 Å². The van der Waals surface area contributed by atoms with Gasteiger partial charge >= 0.3 is 41.9 Å². The van der Waals surface area contributed by atoms with E-state index >= 15 is 0 Å². The van der Waals surface area contributed by atoms with Gasteiger partial charge in [0.1, 0.15) is 11.6 Å². The van der Waals surface area contributed by atoms with Crippen molar-refractivity contribution in [1.82, 2.24) is 5.32 Å². The van der Waals surface area contributed by atoms with Gasteiger partial charge in [0.05, 0.1) is 11.1 Å². The first-order chi connectivity index (χ1) is 16.8. The number of hydrogen-bond acceptors (Lipinski definition) is 3. The molecular formula is C25H29BF8N2NaO. The van der Waals surface area contributed by atoms with Crippen LogP contribution in [0, 0.1) is 11.6 Å². The van der Waals surface area contributed by atoms with Crippen molar-refractivity contribution < 1.29 is 71.2 Å². The first-order valence-corrected chi connectivity index (χ1v) is 11.3. The molecule has 2 heterocycles. The number of aliphatic imine (C=N–C) groups is 1. The summed E-state index contributed by atoms with van der Waals surface area (Å²) in [6.07, 6.45) is -6.33. The van der Waals surface area contributed by atoms with Crippen LogP contribution in [0.4, 0.5) is 35.1 Å². The van der Waals surface area contributed by atoms with E-state index in [9.17, 15) is 35.1 Å². The summed E-state index contributed by atoms with van der Waals surface area (Å²) in [6.45, 7) is 3.78. The molecule has 0 aliphatic carbocycles. The molecule has 2 aromatic carbocycles. The predicted octanol–water partition coefficient (Wildman–Crippen LogP) is 3.82. The number of rotatable bonds is 2. The van der Waals surface area contributed by atoms with E-state index in [2.05, 4.69) is 10.3 Å². The maximum absolute atomic E-state index is 12.9. The number of halogens is 8. The van der Waals surface area contributed by atoms with Crippen LogP contribution in [0.25, 0.3) is 0 Å². The zero-order chi connectivity index (χ0) is 27.3. The summed E-state index contributed by atoms with van der Waals surface area (Å²) in [5, 5.41) is 10.1. The average Bonchev–Trinajstić information content (AvgIpc) is 3.42. The van der Waals surface area contributed by atoms with Gasteiger partial charge in [-0.05, 0) is 75.4 Å². The van der Waals surface area contributed by atoms with E-state index in [1.165, 1.54) is 6.07 Å². The van der Waals surface area contributed by atoms with Gasteiger partial charge in [-0.25, -0.2) is 8.78 Å². The largest absolute Gasteiger partial charge is 1.00 e. The van der Waals surface area contributed by atoms with Crippen molar-refractivity contribution in [1.29, 1.82) is 0 Å². The molecular weight excluding hydrogens is 530 g/mol. The van der Waals surface area contributed by atoms with Gasteiger partial charge in [-0.1, -0.05) is 6.07 Å². The van der Waals surface area contributed by atoms with Gasteiger partial charge in [0, 0.05) is 44.9 Å². The van der Waals surface area contributed by atoms with Gasteiger partial charge in [-0.3, -0.25) is 4.99 Å². The number of hydrogen-bond donors (Lipinski definition) is 2. The summed E-state index contributed by atoms with van der Waals surface area (Å²) in [5.41, 5.74) is -1.24. The van der Waals surface area contributed by atoms with Gasteiger partial charge < -0.3 is 11.8 Å². The van der Waals surface area contributed by atoms with Crippen LogP contribution in [0.1, 0.15) is 69.3 Å². The summed E-state index contributed by atoms with van der Waals surface area (Å²) in [4.78, 5) is 4.16. The third kappa shape index (κ3) is 9.93. The van der Waals surface area contributed by atoms with E-state index < -0.39 is 35.1 Å². The second-order valence-corrected chi connectivity index (χ2v) is 8.58. The monoisotopic (exact) mass is 559 g/mol. The molecule has 4 rings (SSSR count). The molecule has 0 saturated carbocycles. The van der Waals surface area contributed by atoms with Crippen LogP contribution in [0.5, 0.6) is 0 Å². The molecule has 2 N–H and O–H groups in total. The third-order valence-electron chi connectivity index (χ3n) is 5.84. The zero-order valence-electron chi connectivity index (χ0n) is 22.5. The van der Waals surface area contributed by atoms with Crippen molar-refractivity contribution in [2.24, 2.45) is 4.99 Å². The summed E-state index contributed by atoms with van der Waals surface area (Å²) in [7, 11) is 1.00. The van der Waals surface area contributed by atoms with Crippen molar-refractivity contribution in [3.8, 4) is 0 Å². The van der Waals surface area contributed by atoms with Gasteiger partial charge in [0.2, 0.25) is 0 Å². The second-order valence-electron chi connectivity index (χ2n) is 8.58. The average molecular weight is 559 g/mol. The van der Waals surface area contributed by atoms with Gasteiger partial charge in [0.15, 0.2) is 0 Å². The molecule has 3 nitrogen and oxygen atoms in total. The van der Waals surface area contributed by atoms with Crippen LogP contribution < -0.4 is 34.9 Å². The molecule has 13 heteroatoms. The Balaban J connectivity index is 0. The molecule has 0 aromatic heterocycles. The molecule has 2 aliphatic rings. The van der Waals surface area contributed by atoms with Crippen molar-refractivity contribution in [2.45, 2.75) is 70.0 Å². The Morgan fingerprint density at radius 3 is 1.82 bits per heavy atom. The van der Waals surface area contributed by atoms with Crippen molar-refractivity contribution in [2.75, 3.05) is 7.11 Å². The van der Waals surface area contributed by atoms with Crippen molar-refractivity contribution >= 4 is 14.1 Å². The Kier molecular flexibility index (Phi) is 14.8. The third-order valence-corrected chi connectivity index (χ3v) is 5.84. The number of alkyl halides is 6. The van der Waals surface area contributed by atoms with Crippen molar-refractivity contribution in [3.63, 3.8) is 0 Å². The zero-order valence-corrected chi connectivity index (χ0v) is 23.5. The molecule has 0 bridgehead atoms. The van der Waals surface area contributed by atoms with E-state index in [-0.39, 0.29) is 68.6 Å². The van der Waals surface area contributed by atoms with Crippen LogP contribution >= 0.6 is 0 Å². The molecule has 0 amide bonds. The fraction of sp³-hybridized carbons (Fsp3) is 0.480. The number of benzene rings is 2. The maximum atomic E-state index is 12.9. The van der Waals surface area contributed by atoms with Gasteiger partial charge in [-0.2, -0.15) is 26.3 Å². The summed E-state index contributed by atoms with van der Waals surface area (Å²) >= 11 is 0. The normalized spacial score (nSPS) is 20.6. The molecule has 3 radical (unpaired) electrons. The topological polar surface area (TPSA) is 44.6 Å². The van der Waals surface area contributed by atoms with E-state index in [0.29, 0.717) is 30.7 Å². The quantitative estimate of drug-likeness (QED) is 0.435. The molecule has 1 saturated heterocycles. The van der Waals surface area contributed by atoms with E-state index in [1.807, 2.05) is 13.8 Å². The molecule has 3 unspecified atom stereocenters. The van der Waals surface area contributed by atoms with Crippen LogP contribution in [-0.2, 0) is 12.4 Å². The Morgan fingerprint density at radius 2 is 1.37 bits per heavy atom. The molecule has 3 atom stereocenters. The summed E-state index contributed by atoms with van der Waals surface area (Å²) in [6, 6.07) is 5.51. The van der Waals surface area contributed by atoms with Crippen LogP contribution in [-0.4, -0.2) is 38.4 Å². The van der Waals surface area contributed by atoms with Crippen molar-refractivity contribution in [3.05, 3.63) is 70.3 Å². The molecule has 1 fully saturated rings. The first-order valence-electron chi connectivity index (χ1n) is 11.3. The Hall–Kier alpha value is -1.47. The Bertz CT molecular complexity index is 1070. The van der Waals surface area contributed by atoms with Gasteiger partial charge in [0.25, 0.3) is 0 Å². The fourth-order valence-electron chi connectivity index (χ4n) is 4.20. The van der Waals surface area contributed by atoms with Crippen LogP contribution in [0.15, 0.2) is 41.4 Å². The number of nitrogens with one attached hydrogen (secondary N) is 1. The number of nitrogens with zero attached hydrogens (tertiary/aromatic N) is 1. The van der Waals surface area contributed by atoms with Crippen LogP contribution in [0.2, 0.25) is 0 Å². The smallest absolute Gasteiger partial charge is 1.00 e. The Morgan fingerprint density at radius 1 is 0.842 bits per heavy atom. The summed E-state index contributed by atoms with van der Waals surface area (Å²) < 4.78 is 102. The van der Waals surface area contributed by atoms with E-state index in [4.69, 9.17) is 5.11 Å². The maximum Gasteiger partial charge on any atom is 1.00 e. The molecule has 2 aromatic rings. The molecule has 205 valence electrons. The number of aliphatic hydroxyl groups is 1. The minimum Gasteiger partial charge on any atom is -1.00 e. The first kappa shape index (κ1) is 36.5. The molecule has 0 spiro atoms. The molecule has 2 aliphatic heterocycles. The second kappa shape index (κ2) is 15.4. The number of aliphatic hydroxyl groups excluding tert-OH is 1. The Labute approximate surface area is 242 Å². The van der Waals surface area contributed by atoms with E-state index in [1.54, 1.807) is 0 Å². The minimum absolute atomic E-state index is 0. The predicted molar refractivity (Wildman–Crippen MR) is 128 cm³/mol. The van der Waals surface area contributed by atoms with E-state index in [0.717, 1.165) is 38.2 Å². The molecule has 38 heavy (non-hydrogen) atoms. The van der Waals surface area contributed by atoms with Gasteiger partial charge in [-0.15, -0.1) is 0 Å². The minimum atomic E-state index is -4.55. The summed E-state index contributed by atoms with van der Waals surface area (Å²) in [5.74, 6) is -1.74. The standard InChI is InChI=1S/C12H13F4N.C12H11F4N.CH4O.B.Na.H/c2*1-7-2-5-11(17-7)9-4-3-8(13)6-10(9)12(14,15)16;1-2;;;/h3-4,6-7,11,17H,2,5H2,1H3;3-4,6-7H,2,5H2,1H3;2H,1H3;;;/q;;;;+1;-1. The fourth-order valence-corrected chi connectivity index (χ4v) is 4.20.